The largest absolute Gasteiger partial charge is 0.383 e. The Kier molecular flexibility index (Phi) is 4.58. The molecule has 0 fully saturated rings. The SMILES string of the molecule is Cc1sc2nc(SCC(=O)N3CCc4ccccc4C3)nc(N)c2c1C. The van der Waals surface area contributed by atoms with E-state index in [9.17, 15) is 4.79 Å². The summed E-state index contributed by atoms with van der Waals surface area (Å²) >= 11 is 2.98. The summed E-state index contributed by atoms with van der Waals surface area (Å²) in [6.45, 7) is 5.55. The van der Waals surface area contributed by atoms with Gasteiger partial charge in [-0.05, 0) is 37.0 Å². The number of hydrogen-bond donors (Lipinski definition) is 1. The van der Waals surface area contributed by atoms with E-state index in [4.69, 9.17) is 5.73 Å². The van der Waals surface area contributed by atoms with E-state index in [1.165, 1.54) is 27.8 Å². The van der Waals surface area contributed by atoms with Gasteiger partial charge in [-0.15, -0.1) is 11.3 Å². The summed E-state index contributed by atoms with van der Waals surface area (Å²) in [7, 11) is 0. The Morgan fingerprint density at radius 2 is 2.04 bits per heavy atom. The molecule has 3 heterocycles. The molecule has 7 heteroatoms. The third-order valence-electron chi connectivity index (χ3n) is 4.84. The average Bonchev–Trinajstić information content (AvgIpc) is 2.93. The number of benzene rings is 1. The van der Waals surface area contributed by atoms with Crippen LogP contribution in [0.4, 0.5) is 5.82 Å². The van der Waals surface area contributed by atoms with Crippen molar-refractivity contribution in [1.82, 2.24) is 14.9 Å². The van der Waals surface area contributed by atoms with E-state index in [1.54, 1.807) is 11.3 Å². The van der Waals surface area contributed by atoms with Crippen LogP contribution in [0.15, 0.2) is 29.4 Å². The molecular weight excluding hydrogens is 364 g/mol. The van der Waals surface area contributed by atoms with Gasteiger partial charge in [0.2, 0.25) is 5.91 Å². The van der Waals surface area contributed by atoms with Crippen molar-refractivity contribution in [2.24, 2.45) is 0 Å². The van der Waals surface area contributed by atoms with Gasteiger partial charge < -0.3 is 10.6 Å². The summed E-state index contributed by atoms with van der Waals surface area (Å²) in [5.74, 6) is 0.945. The van der Waals surface area contributed by atoms with Crippen LogP contribution in [0.25, 0.3) is 10.2 Å². The van der Waals surface area contributed by atoms with Crippen LogP contribution in [0.3, 0.4) is 0 Å². The second-order valence-corrected chi connectivity index (χ2v) is 8.62. The molecule has 2 N–H and O–H groups in total. The Morgan fingerprint density at radius 3 is 2.85 bits per heavy atom. The molecule has 0 spiro atoms. The second-order valence-electron chi connectivity index (χ2n) is 6.48. The van der Waals surface area contributed by atoms with Crippen molar-refractivity contribution in [1.29, 1.82) is 0 Å². The number of nitrogens with two attached hydrogens (primary N) is 1. The number of amides is 1. The fourth-order valence-electron chi connectivity index (χ4n) is 3.25. The number of fused-ring (bicyclic) bond motifs is 2. The van der Waals surface area contributed by atoms with Crippen LogP contribution < -0.4 is 5.73 Å². The van der Waals surface area contributed by atoms with E-state index >= 15 is 0 Å². The van der Waals surface area contributed by atoms with Crippen molar-refractivity contribution in [3.8, 4) is 0 Å². The number of thiophene rings is 1. The Morgan fingerprint density at radius 1 is 1.27 bits per heavy atom. The third kappa shape index (κ3) is 3.17. The molecule has 0 radical (unpaired) electrons. The minimum Gasteiger partial charge on any atom is -0.383 e. The molecule has 1 aromatic carbocycles. The van der Waals surface area contributed by atoms with Crippen molar-refractivity contribution < 1.29 is 4.79 Å². The predicted octanol–water partition coefficient (Wildman–Crippen LogP) is 3.57. The Bertz CT molecular complexity index is 999. The molecule has 0 atom stereocenters. The van der Waals surface area contributed by atoms with Crippen molar-refractivity contribution in [2.75, 3.05) is 18.0 Å². The zero-order valence-electron chi connectivity index (χ0n) is 14.8. The molecule has 1 aliphatic rings. The van der Waals surface area contributed by atoms with Gasteiger partial charge in [0.1, 0.15) is 10.6 Å². The number of carbonyl (C=O) groups excluding carboxylic acids is 1. The average molecular weight is 385 g/mol. The lowest BCUT2D eigenvalue weighted by Gasteiger charge is -2.28. The lowest BCUT2D eigenvalue weighted by molar-refractivity contribution is -0.129. The predicted molar refractivity (Wildman–Crippen MR) is 108 cm³/mol. The molecule has 4 rings (SSSR count). The monoisotopic (exact) mass is 384 g/mol. The minimum absolute atomic E-state index is 0.116. The van der Waals surface area contributed by atoms with Gasteiger partial charge in [0.15, 0.2) is 5.16 Å². The van der Waals surface area contributed by atoms with E-state index in [-0.39, 0.29) is 5.91 Å². The standard InChI is InChI=1S/C19H20N4OS2/c1-11-12(2)26-18-16(11)17(20)21-19(22-18)25-10-15(24)23-8-7-13-5-3-4-6-14(13)9-23/h3-6H,7-10H2,1-2H3,(H2,20,21,22). The normalized spacial score (nSPS) is 13.8. The highest BCUT2D eigenvalue weighted by atomic mass is 32.2. The van der Waals surface area contributed by atoms with Gasteiger partial charge in [-0.2, -0.15) is 0 Å². The Hall–Kier alpha value is -2.12. The molecule has 0 bridgehead atoms. The van der Waals surface area contributed by atoms with Crippen molar-refractivity contribution in [2.45, 2.75) is 32.0 Å². The first kappa shape index (κ1) is 17.3. The molecule has 26 heavy (non-hydrogen) atoms. The maximum atomic E-state index is 12.6. The Balaban J connectivity index is 1.46. The molecule has 0 aliphatic carbocycles. The number of aryl methyl sites for hydroxylation is 2. The van der Waals surface area contributed by atoms with Gasteiger partial charge in [-0.25, -0.2) is 9.97 Å². The molecule has 0 saturated heterocycles. The first-order valence-electron chi connectivity index (χ1n) is 8.53. The fourth-order valence-corrected chi connectivity index (χ4v) is 5.10. The van der Waals surface area contributed by atoms with Crippen LogP contribution in [0.5, 0.6) is 0 Å². The van der Waals surface area contributed by atoms with Crippen LogP contribution in [0, 0.1) is 13.8 Å². The van der Waals surface area contributed by atoms with Gasteiger partial charge in [0.05, 0.1) is 11.1 Å². The van der Waals surface area contributed by atoms with Gasteiger partial charge in [-0.1, -0.05) is 36.0 Å². The van der Waals surface area contributed by atoms with Crippen LogP contribution >= 0.6 is 23.1 Å². The fraction of sp³-hybridized carbons (Fsp3) is 0.316. The number of nitrogen functional groups attached to an aromatic ring is 1. The maximum absolute atomic E-state index is 12.6. The summed E-state index contributed by atoms with van der Waals surface area (Å²) in [6.07, 6.45) is 0.912. The third-order valence-corrected chi connectivity index (χ3v) is 6.78. The number of aromatic nitrogens is 2. The summed E-state index contributed by atoms with van der Waals surface area (Å²) in [5, 5.41) is 1.51. The highest BCUT2D eigenvalue weighted by Gasteiger charge is 2.21. The minimum atomic E-state index is 0.116. The molecular formula is C19H20N4OS2. The topological polar surface area (TPSA) is 72.1 Å². The molecule has 1 amide bonds. The zero-order valence-corrected chi connectivity index (χ0v) is 16.4. The van der Waals surface area contributed by atoms with Gasteiger partial charge in [0.25, 0.3) is 0 Å². The molecule has 3 aromatic rings. The van der Waals surface area contributed by atoms with Crippen LogP contribution in [0.2, 0.25) is 0 Å². The van der Waals surface area contributed by atoms with E-state index in [0.29, 0.717) is 23.3 Å². The lowest BCUT2D eigenvalue weighted by Crippen LogP contribution is -2.37. The first-order chi connectivity index (χ1) is 12.5. The van der Waals surface area contributed by atoms with E-state index < -0.39 is 0 Å². The smallest absolute Gasteiger partial charge is 0.233 e. The van der Waals surface area contributed by atoms with E-state index in [2.05, 4.69) is 35.1 Å². The van der Waals surface area contributed by atoms with E-state index in [1.807, 2.05) is 17.9 Å². The first-order valence-corrected chi connectivity index (χ1v) is 10.3. The number of hydrogen-bond acceptors (Lipinski definition) is 6. The Labute approximate surface area is 160 Å². The number of carbonyl (C=O) groups is 1. The highest BCUT2D eigenvalue weighted by Crippen LogP contribution is 2.33. The molecule has 5 nitrogen and oxygen atoms in total. The highest BCUT2D eigenvalue weighted by molar-refractivity contribution is 7.99. The maximum Gasteiger partial charge on any atom is 0.233 e. The second kappa shape index (κ2) is 6.89. The number of anilines is 1. The quantitative estimate of drug-likeness (QED) is 0.552. The number of thioether (sulfide) groups is 1. The summed E-state index contributed by atoms with van der Waals surface area (Å²) in [5.41, 5.74) is 9.84. The van der Waals surface area contributed by atoms with Crippen LogP contribution in [0.1, 0.15) is 21.6 Å². The van der Waals surface area contributed by atoms with E-state index in [0.717, 1.165) is 28.7 Å². The molecule has 1 aliphatic heterocycles. The van der Waals surface area contributed by atoms with Crippen LogP contribution in [-0.2, 0) is 17.8 Å². The van der Waals surface area contributed by atoms with Gasteiger partial charge >= 0.3 is 0 Å². The van der Waals surface area contributed by atoms with Crippen molar-refractivity contribution >= 4 is 45.0 Å². The number of rotatable bonds is 3. The summed E-state index contributed by atoms with van der Waals surface area (Å²) < 4.78 is 0. The summed E-state index contributed by atoms with van der Waals surface area (Å²) in [4.78, 5) is 25.6. The molecule has 0 unspecified atom stereocenters. The lowest BCUT2D eigenvalue weighted by atomic mass is 10.00. The van der Waals surface area contributed by atoms with Crippen molar-refractivity contribution in [3.63, 3.8) is 0 Å². The van der Waals surface area contributed by atoms with Gasteiger partial charge in [0, 0.05) is 18.0 Å². The molecule has 0 saturated carbocycles. The molecule has 2 aromatic heterocycles. The summed E-state index contributed by atoms with van der Waals surface area (Å²) in [6, 6.07) is 8.32. The molecule has 134 valence electrons. The number of nitrogens with zero attached hydrogens (tertiary/aromatic N) is 3. The zero-order chi connectivity index (χ0) is 18.3. The van der Waals surface area contributed by atoms with Gasteiger partial charge in [-0.3, -0.25) is 4.79 Å². The van der Waals surface area contributed by atoms with Crippen molar-refractivity contribution in [3.05, 3.63) is 45.8 Å². The van der Waals surface area contributed by atoms with Crippen LogP contribution in [-0.4, -0.2) is 33.1 Å².